The van der Waals surface area contributed by atoms with E-state index in [4.69, 9.17) is 0 Å². The number of halogens is 2. The van der Waals surface area contributed by atoms with Crippen LogP contribution in [0.4, 0.5) is 8.78 Å². The molecule has 0 aliphatic carbocycles. The summed E-state index contributed by atoms with van der Waals surface area (Å²) in [6.45, 7) is 5.62. The van der Waals surface area contributed by atoms with Crippen molar-refractivity contribution in [1.29, 1.82) is 0 Å². The fourth-order valence-electron chi connectivity index (χ4n) is 0.956. The number of alkyl halides is 2. The Morgan fingerprint density at radius 3 is 2.54 bits per heavy atom. The second-order valence-corrected chi connectivity index (χ2v) is 2.25. The van der Waals surface area contributed by atoms with Gasteiger partial charge in [0.25, 0.3) is 6.43 Å². The first-order chi connectivity index (χ1) is 6.24. The van der Waals surface area contributed by atoms with Crippen molar-refractivity contribution in [3.05, 3.63) is 18.0 Å². The van der Waals surface area contributed by atoms with Gasteiger partial charge >= 0.3 is 0 Å². The quantitative estimate of drug-likeness (QED) is 0.716. The molecule has 0 aliphatic rings. The first kappa shape index (κ1) is 12.1. The average Bonchev–Trinajstić information content (AvgIpc) is 2.54. The van der Waals surface area contributed by atoms with Crippen molar-refractivity contribution in [3.63, 3.8) is 0 Å². The highest BCUT2D eigenvalue weighted by Crippen LogP contribution is 2.03. The Balaban J connectivity index is 0.000000671. The summed E-state index contributed by atoms with van der Waals surface area (Å²) in [5.74, 6) is 0. The third-order valence-electron chi connectivity index (χ3n) is 1.48. The molecule has 0 saturated heterocycles. The van der Waals surface area contributed by atoms with Gasteiger partial charge in [-0.2, -0.15) is 5.10 Å². The summed E-state index contributed by atoms with van der Waals surface area (Å²) >= 11 is 0. The zero-order chi connectivity index (χ0) is 10.3. The summed E-state index contributed by atoms with van der Waals surface area (Å²) in [7, 11) is 0. The Bertz CT molecular complexity index is 221. The molecule has 0 aromatic carbocycles. The molecule has 2 nitrogen and oxygen atoms in total. The van der Waals surface area contributed by atoms with Gasteiger partial charge in [0, 0.05) is 11.9 Å². The van der Waals surface area contributed by atoms with Crippen LogP contribution < -0.4 is 0 Å². The molecule has 1 heterocycles. The smallest absolute Gasteiger partial charge is 0.257 e. The minimum atomic E-state index is -2.32. The van der Waals surface area contributed by atoms with Crippen molar-refractivity contribution < 1.29 is 8.78 Å². The minimum absolute atomic E-state index is 0.295. The van der Waals surface area contributed by atoms with Crippen molar-refractivity contribution in [2.75, 3.05) is 0 Å². The Hall–Kier alpha value is -0.930. The van der Waals surface area contributed by atoms with Crippen LogP contribution in [0.3, 0.4) is 0 Å². The van der Waals surface area contributed by atoms with Crippen LogP contribution in [0.15, 0.2) is 12.3 Å². The zero-order valence-corrected chi connectivity index (χ0v) is 8.30. The monoisotopic (exact) mass is 190 g/mol. The largest absolute Gasteiger partial charge is 0.264 e. The van der Waals surface area contributed by atoms with E-state index >= 15 is 0 Å². The van der Waals surface area contributed by atoms with Gasteiger partial charge < -0.3 is 0 Å². The van der Waals surface area contributed by atoms with Crippen molar-refractivity contribution in [1.82, 2.24) is 9.78 Å². The van der Waals surface area contributed by atoms with Gasteiger partial charge in [0.2, 0.25) is 0 Å². The van der Waals surface area contributed by atoms with Crippen molar-refractivity contribution in [3.8, 4) is 0 Å². The first-order valence-corrected chi connectivity index (χ1v) is 4.53. The number of nitrogens with zero attached hydrogens (tertiary/aromatic N) is 2. The summed E-state index contributed by atoms with van der Waals surface area (Å²) < 4.78 is 25.0. The van der Waals surface area contributed by atoms with Crippen molar-refractivity contribution >= 4 is 0 Å². The molecule has 0 radical (unpaired) electrons. The van der Waals surface area contributed by atoms with Crippen LogP contribution in [-0.2, 0) is 13.0 Å². The van der Waals surface area contributed by atoms with Gasteiger partial charge in [0.05, 0.1) is 0 Å². The Morgan fingerprint density at radius 2 is 2.08 bits per heavy atom. The summed E-state index contributed by atoms with van der Waals surface area (Å²) in [5, 5.41) is 3.76. The molecule has 0 fully saturated rings. The molecule has 13 heavy (non-hydrogen) atoms. The number of aryl methyl sites for hydroxylation is 1. The van der Waals surface area contributed by atoms with E-state index in [1.165, 1.54) is 4.68 Å². The molecule has 1 aromatic heterocycles. The molecular formula is C9H16F2N2. The van der Waals surface area contributed by atoms with Gasteiger partial charge in [-0.05, 0) is 12.5 Å². The standard InChI is InChI=1S/C7H10F2N2.C2H6/c1-2-6-3-4-10-11(6)5-7(8)9;1-2/h3-4,7H,2,5H2,1H3;1-2H3. The fourth-order valence-corrected chi connectivity index (χ4v) is 0.956. The lowest BCUT2D eigenvalue weighted by Crippen LogP contribution is -2.10. The van der Waals surface area contributed by atoms with E-state index < -0.39 is 6.43 Å². The highest BCUT2D eigenvalue weighted by Gasteiger charge is 2.06. The van der Waals surface area contributed by atoms with Gasteiger partial charge in [0.1, 0.15) is 6.54 Å². The second kappa shape index (κ2) is 6.57. The van der Waals surface area contributed by atoms with Gasteiger partial charge in [-0.1, -0.05) is 20.8 Å². The molecule has 4 heteroatoms. The third-order valence-corrected chi connectivity index (χ3v) is 1.48. The maximum Gasteiger partial charge on any atom is 0.257 e. The molecular weight excluding hydrogens is 174 g/mol. The van der Waals surface area contributed by atoms with Gasteiger partial charge in [-0.3, -0.25) is 4.68 Å². The lowest BCUT2D eigenvalue weighted by molar-refractivity contribution is 0.120. The Morgan fingerprint density at radius 1 is 1.46 bits per heavy atom. The number of hydrogen-bond donors (Lipinski definition) is 0. The molecule has 1 aromatic rings. The average molecular weight is 190 g/mol. The summed E-state index contributed by atoms with van der Waals surface area (Å²) in [5.41, 5.74) is 0.852. The second-order valence-electron chi connectivity index (χ2n) is 2.25. The third kappa shape index (κ3) is 4.01. The lowest BCUT2D eigenvalue weighted by atomic mass is 10.3. The SMILES string of the molecule is CC.CCc1ccnn1CC(F)F. The first-order valence-electron chi connectivity index (χ1n) is 4.53. The van der Waals surface area contributed by atoms with E-state index in [0.29, 0.717) is 0 Å². The molecule has 0 amide bonds. The van der Waals surface area contributed by atoms with Crippen LogP contribution in [0.25, 0.3) is 0 Å². The molecule has 1 rings (SSSR count). The molecule has 0 N–H and O–H groups in total. The van der Waals surface area contributed by atoms with Crippen LogP contribution >= 0.6 is 0 Å². The fraction of sp³-hybridized carbons (Fsp3) is 0.667. The molecule has 0 aliphatic heterocycles. The maximum atomic E-state index is 11.9. The highest BCUT2D eigenvalue weighted by atomic mass is 19.3. The number of rotatable bonds is 3. The van der Waals surface area contributed by atoms with E-state index in [1.807, 2.05) is 20.8 Å². The van der Waals surface area contributed by atoms with Crippen LogP contribution in [0.1, 0.15) is 26.5 Å². The van der Waals surface area contributed by atoms with Crippen LogP contribution in [0.5, 0.6) is 0 Å². The highest BCUT2D eigenvalue weighted by molar-refractivity contribution is 4.99. The van der Waals surface area contributed by atoms with Gasteiger partial charge in [-0.15, -0.1) is 0 Å². The predicted octanol–water partition coefficient (Wildman–Crippen LogP) is 2.74. The molecule has 0 spiro atoms. The lowest BCUT2D eigenvalue weighted by Gasteiger charge is -2.03. The van der Waals surface area contributed by atoms with Crippen LogP contribution in [0, 0.1) is 0 Å². The minimum Gasteiger partial charge on any atom is -0.264 e. The van der Waals surface area contributed by atoms with Gasteiger partial charge in [-0.25, -0.2) is 8.78 Å². The number of aromatic nitrogens is 2. The molecule has 76 valence electrons. The molecule has 0 bridgehead atoms. The van der Waals surface area contributed by atoms with E-state index in [1.54, 1.807) is 12.3 Å². The van der Waals surface area contributed by atoms with Gasteiger partial charge in [0.15, 0.2) is 0 Å². The van der Waals surface area contributed by atoms with E-state index in [2.05, 4.69) is 5.10 Å². The van der Waals surface area contributed by atoms with Crippen molar-refractivity contribution in [2.24, 2.45) is 0 Å². The zero-order valence-electron chi connectivity index (χ0n) is 8.30. The van der Waals surface area contributed by atoms with E-state index in [0.717, 1.165) is 12.1 Å². The topological polar surface area (TPSA) is 17.8 Å². The van der Waals surface area contributed by atoms with Crippen LogP contribution in [-0.4, -0.2) is 16.2 Å². The Labute approximate surface area is 77.6 Å². The summed E-state index contributed by atoms with van der Waals surface area (Å²) in [6, 6.07) is 1.75. The summed E-state index contributed by atoms with van der Waals surface area (Å²) in [4.78, 5) is 0. The normalized spacial score (nSPS) is 9.69. The summed E-state index contributed by atoms with van der Waals surface area (Å²) in [6.07, 6.45) is -0.0336. The van der Waals surface area contributed by atoms with Crippen molar-refractivity contribution in [2.45, 2.75) is 40.2 Å². The molecule has 0 atom stereocenters. The predicted molar refractivity (Wildman–Crippen MR) is 49.0 cm³/mol. The maximum absolute atomic E-state index is 11.9. The molecule has 0 unspecified atom stereocenters. The Kier molecular flexibility index (Phi) is 6.10. The van der Waals surface area contributed by atoms with Crippen LogP contribution in [0.2, 0.25) is 0 Å². The van der Waals surface area contributed by atoms with E-state index in [-0.39, 0.29) is 6.54 Å². The molecule has 0 saturated carbocycles. The number of hydrogen-bond acceptors (Lipinski definition) is 1. The van der Waals surface area contributed by atoms with E-state index in [9.17, 15) is 8.78 Å².